The first-order valence-electron chi connectivity index (χ1n) is 8.46. The third kappa shape index (κ3) is 3.96. The van der Waals surface area contributed by atoms with Gasteiger partial charge in [0.2, 0.25) is 5.91 Å². The first-order valence-corrected chi connectivity index (χ1v) is 8.46. The zero-order valence-corrected chi connectivity index (χ0v) is 15.1. The van der Waals surface area contributed by atoms with Crippen LogP contribution in [0.15, 0.2) is 36.4 Å². The normalized spacial score (nSPS) is 13.0. The van der Waals surface area contributed by atoms with Crippen molar-refractivity contribution in [3.05, 3.63) is 47.5 Å². The lowest BCUT2D eigenvalue weighted by atomic mass is 10.1. The molecule has 1 fully saturated rings. The number of nitrogens with one attached hydrogen (secondary N) is 2. The van der Waals surface area contributed by atoms with E-state index in [1.54, 1.807) is 50.6 Å². The molecule has 2 N–H and O–H groups in total. The first-order chi connectivity index (χ1) is 12.5. The van der Waals surface area contributed by atoms with E-state index in [0.717, 1.165) is 24.1 Å². The molecular weight excluding hydrogens is 332 g/mol. The van der Waals surface area contributed by atoms with Crippen molar-refractivity contribution in [2.24, 2.45) is 5.92 Å². The Morgan fingerprint density at radius 1 is 0.923 bits per heavy atom. The Morgan fingerprint density at radius 2 is 1.42 bits per heavy atom. The van der Waals surface area contributed by atoms with Crippen LogP contribution in [-0.4, -0.2) is 26.0 Å². The van der Waals surface area contributed by atoms with Gasteiger partial charge in [0.1, 0.15) is 11.5 Å². The summed E-state index contributed by atoms with van der Waals surface area (Å²) in [6.45, 7) is 1.87. The minimum absolute atomic E-state index is 0.0561. The summed E-state index contributed by atoms with van der Waals surface area (Å²) in [6.07, 6.45) is 1.92. The van der Waals surface area contributed by atoms with Gasteiger partial charge in [0.25, 0.3) is 5.91 Å². The van der Waals surface area contributed by atoms with E-state index in [0.29, 0.717) is 22.7 Å². The van der Waals surface area contributed by atoms with Gasteiger partial charge in [-0.25, -0.2) is 0 Å². The van der Waals surface area contributed by atoms with Gasteiger partial charge in [-0.3, -0.25) is 9.59 Å². The number of hydrogen-bond donors (Lipinski definition) is 2. The summed E-state index contributed by atoms with van der Waals surface area (Å²) < 4.78 is 10.6. The second-order valence-corrected chi connectivity index (χ2v) is 6.30. The summed E-state index contributed by atoms with van der Waals surface area (Å²) in [5.41, 5.74) is 2.63. The fourth-order valence-corrected chi connectivity index (χ4v) is 2.65. The van der Waals surface area contributed by atoms with Gasteiger partial charge in [0.15, 0.2) is 0 Å². The minimum atomic E-state index is -0.267. The lowest BCUT2D eigenvalue weighted by molar-refractivity contribution is -0.117. The van der Waals surface area contributed by atoms with Crippen molar-refractivity contribution in [1.29, 1.82) is 0 Å². The van der Waals surface area contributed by atoms with E-state index < -0.39 is 0 Å². The van der Waals surface area contributed by atoms with Gasteiger partial charge in [0, 0.05) is 28.4 Å². The zero-order valence-electron chi connectivity index (χ0n) is 15.1. The molecule has 0 spiro atoms. The van der Waals surface area contributed by atoms with E-state index >= 15 is 0 Å². The van der Waals surface area contributed by atoms with Gasteiger partial charge in [-0.1, -0.05) is 0 Å². The molecule has 0 atom stereocenters. The Morgan fingerprint density at radius 3 is 1.88 bits per heavy atom. The molecule has 3 rings (SSSR count). The van der Waals surface area contributed by atoms with E-state index in [-0.39, 0.29) is 17.7 Å². The molecule has 6 heteroatoms. The van der Waals surface area contributed by atoms with Gasteiger partial charge < -0.3 is 20.1 Å². The molecule has 0 bridgehead atoms. The summed E-state index contributed by atoms with van der Waals surface area (Å²) in [6, 6.07) is 10.4. The van der Waals surface area contributed by atoms with Crippen molar-refractivity contribution in [3.8, 4) is 11.5 Å². The van der Waals surface area contributed by atoms with Crippen LogP contribution in [0.1, 0.15) is 28.8 Å². The number of amides is 2. The van der Waals surface area contributed by atoms with Crippen LogP contribution in [0.2, 0.25) is 0 Å². The second kappa shape index (κ2) is 7.47. The Kier molecular flexibility index (Phi) is 5.11. The standard InChI is InChI=1S/C20H22N2O4/c1-12-17(25-2)10-14(11-18(12)26-3)20(24)22-16-8-6-15(7-9-16)21-19(23)13-4-5-13/h6-11,13H,4-5H2,1-3H3,(H,21,23)(H,22,24). The topological polar surface area (TPSA) is 76.7 Å². The minimum Gasteiger partial charge on any atom is -0.496 e. The molecule has 0 aromatic heterocycles. The van der Waals surface area contributed by atoms with E-state index in [9.17, 15) is 9.59 Å². The van der Waals surface area contributed by atoms with Crippen LogP contribution in [0, 0.1) is 12.8 Å². The zero-order chi connectivity index (χ0) is 18.7. The smallest absolute Gasteiger partial charge is 0.255 e. The van der Waals surface area contributed by atoms with Crippen LogP contribution in [0.25, 0.3) is 0 Å². The predicted molar refractivity (Wildman–Crippen MR) is 100 cm³/mol. The fourth-order valence-electron chi connectivity index (χ4n) is 2.65. The maximum atomic E-state index is 12.5. The van der Waals surface area contributed by atoms with Crippen molar-refractivity contribution < 1.29 is 19.1 Å². The molecule has 2 amide bonds. The molecule has 1 aliphatic carbocycles. The Hall–Kier alpha value is -3.02. The molecule has 1 saturated carbocycles. The van der Waals surface area contributed by atoms with Crippen LogP contribution in [0.3, 0.4) is 0 Å². The van der Waals surface area contributed by atoms with Crippen LogP contribution in [0.5, 0.6) is 11.5 Å². The quantitative estimate of drug-likeness (QED) is 0.831. The lowest BCUT2D eigenvalue weighted by Crippen LogP contribution is -2.14. The largest absolute Gasteiger partial charge is 0.496 e. The number of carbonyl (C=O) groups is 2. The van der Waals surface area contributed by atoms with Gasteiger partial charge >= 0.3 is 0 Å². The van der Waals surface area contributed by atoms with Crippen molar-refractivity contribution in [2.75, 3.05) is 24.9 Å². The number of anilines is 2. The van der Waals surface area contributed by atoms with Crippen molar-refractivity contribution in [3.63, 3.8) is 0 Å². The number of methoxy groups -OCH3 is 2. The number of rotatable bonds is 6. The third-order valence-electron chi connectivity index (χ3n) is 4.37. The SMILES string of the molecule is COc1cc(C(=O)Nc2ccc(NC(=O)C3CC3)cc2)cc(OC)c1C. The number of ether oxygens (including phenoxy) is 2. The van der Waals surface area contributed by atoms with Crippen LogP contribution < -0.4 is 20.1 Å². The Labute approximate surface area is 152 Å². The first kappa shape index (κ1) is 17.8. The van der Waals surface area contributed by atoms with E-state index in [4.69, 9.17) is 9.47 Å². The average molecular weight is 354 g/mol. The number of hydrogen-bond acceptors (Lipinski definition) is 4. The molecule has 2 aromatic carbocycles. The van der Waals surface area contributed by atoms with Gasteiger partial charge in [-0.15, -0.1) is 0 Å². The third-order valence-corrected chi connectivity index (χ3v) is 4.37. The fraction of sp³-hybridized carbons (Fsp3) is 0.300. The van der Waals surface area contributed by atoms with E-state index in [1.807, 2.05) is 6.92 Å². The molecule has 0 aliphatic heterocycles. The monoisotopic (exact) mass is 354 g/mol. The molecule has 6 nitrogen and oxygen atoms in total. The summed E-state index contributed by atoms with van der Waals surface area (Å²) >= 11 is 0. The summed E-state index contributed by atoms with van der Waals surface area (Å²) in [5, 5.41) is 5.70. The van der Waals surface area contributed by atoms with Crippen molar-refractivity contribution >= 4 is 23.2 Å². The lowest BCUT2D eigenvalue weighted by Gasteiger charge is -2.13. The maximum Gasteiger partial charge on any atom is 0.255 e. The highest BCUT2D eigenvalue weighted by atomic mass is 16.5. The van der Waals surface area contributed by atoms with E-state index in [1.165, 1.54) is 0 Å². The summed E-state index contributed by atoms with van der Waals surface area (Å²) in [4.78, 5) is 24.3. The molecule has 0 heterocycles. The van der Waals surface area contributed by atoms with Crippen LogP contribution >= 0.6 is 0 Å². The highest BCUT2D eigenvalue weighted by molar-refractivity contribution is 6.05. The highest BCUT2D eigenvalue weighted by Gasteiger charge is 2.29. The van der Waals surface area contributed by atoms with Crippen LogP contribution in [-0.2, 0) is 4.79 Å². The van der Waals surface area contributed by atoms with Gasteiger partial charge in [-0.2, -0.15) is 0 Å². The van der Waals surface area contributed by atoms with Crippen molar-refractivity contribution in [2.45, 2.75) is 19.8 Å². The number of benzene rings is 2. The summed E-state index contributed by atoms with van der Waals surface area (Å²) in [5.74, 6) is 1.12. The maximum absolute atomic E-state index is 12.5. The molecule has 0 radical (unpaired) electrons. The second-order valence-electron chi connectivity index (χ2n) is 6.30. The predicted octanol–water partition coefficient (Wildman–Crippen LogP) is 3.61. The van der Waals surface area contributed by atoms with E-state index in [2.05, 4.69) is 10.6 Å². The Balaban J connectivity index is 1.70. The molecule has 0 unspecified atom stereocenters. The molecule has 26 heavy (non-hydrogen) atoms. The van der Waals surface area contributed by atoms with Crippen LogP contribution in [0.4, 0.5) is 11.4 Å². The van der Waals surface area contributed by atoms with Crippen molar-refractivity contribution in [1.82, 2.24) is 0 Å². The van der Waals surface area contributed by atoms with Gasteiger partial charge in [-0.05, 0) is 56.2 Å². The molecule has 0 saturated heterocycles. The average Bonchev–Trinajstić information content (AvgIpc) is 3.48. The van der Waals surface area contributed by atoms with Gasteiger partial charge in [0.05, 0.1) is 14.2 Å². The molecular formula is C20H22N2O4. The summed E-state index contributed by atoms with van der Waals surface area (Å²) in [7, 11) is 3.11. The molecule has 136 valence electrons. The number of carbonyl (C=O) groups excluding carboxylic acids is 2. The highest BCUT2D eigenvalue weighted by Crippen LogP contribution is 2.31. The molecule has 1 aliphatic rings. The Bertz CT molecular complexity index is 801. The molecule has 2 aromatic rings.